The van der Waals surface area contributed by atoms with Crippen LogP contribution in [-0.2, 0) is 4.74 Å². The second-order valence-electron chi connectivity index (χ2n) is 5.23. The summed E-state index contributed by atoms with van der Waals surface area (Å²) in [6, 6.07) is 0. The van der Waals surface area contributed by atoms with E-state index in [1.807, 2.05) is 20.8 Å². The van der Waals surface area contributed by atoms with Crippen LogP contribution in [0.1, 0.15) is 27.2 Å². The zero-order chi connectivity index (χ0) is 12.3. The summed E-state index contributed by atoms with van der Waals surface area (Å²) in [4.78, 5) is 13.3. The molecular formula is C11H21FN2O2. The highest BCUT2D eigenvalue weighted by Gasteiger charge is 2.32. The molecule has 0 bridgehead atoms. The number of carbonyl (C=O) groups is 1. The van der Waals surface area contributed by atoms with Gasteiger partial charge in [0.05, 0.1) is 0 Å². The molecule has 1 saturated heterocycles. The third-order valence-electron chi connectivity index (χ3n) is 2.60. The van der Waals surface area contributed by atoms with Crippen LogP contribution in [0.3, 0.4) is 0 Å². The van der Waals surface area contributed by atoms with Gasteiger partial charge in [0.25, 0.3) is 0 Å². The predicted molar refractivity (Wildman–Crippen MR) is 59.9 cm³/mol. The first kappa shape index (κ1) is 13.2. The molecule has 1 aliphatic heterocycles. The van der Waals surface area contributed by atoms with Crippen LogP contribution in [-0.4, -0.2) is 42.4 Å². The Balaban J connectivity index is 2.52. The summed E-state index contributed by atoms with van der Waals surface area (Å²) < 4.78 is 18.6. The fourth-order valence-corrected chi connectivity index (χ4v) is 1.72. The molecule has 2 N–H and O–H groups in total. The third-order valence-corrected chi connectivity index (χ3v) is 2.60. The minimum Gasteiger partial charge on any atom is -0.444 e. The standard InChI is InChI=1S/C11H21FN2O2/c1-11(2,3)16-10(15)14-5-4-9(12)8(6-13)7-14/h8-9H,4-7,13H2,1-3H3/t8-,9+/m0/s1. The molecule has 1 aliphatic rings. The summed E-state index contributed by atoms with van der Waals surface area (Å²) in [7, 11) is 0. The lowest BCUT2D eigenvalue weighted by Crippen LogP contribution is -2.48. The van der Waals surface area contributed by atoms with Gasteiger partial charge in [-0.2, -0.15) is 0 Å². The summed E-state index contributed by atoms with van der Waals surface area (Å²) in [6.07, 6.45) is -0.928. The van der Waals surface area contributed by atoms with E-state index >= 15 is 0 Å². The number of likely N-dealkylation sites (tertiary alicyclic amines) is 1. The van der Waals surface area contributed by atoms with Gasteiger partial charge in [-0.3, -0.25) is 0 Å². The van der Waals surface area contributed by atoms with Crippen molar-refractivity contribution in [3.63, 3.8) is 0 Å². The number of hydrogen-bond donors (Lipinski definition) is 1. The van der Waals surface area contributed by atoms with Gasteiger partial charge in [0.15, 0.2) is 0 Å². The number of nitrogens with zero attached hydrogens (tertiary/aromatic N) is 1. The number of ether oxygens (including phenoxy) is 1. The van der Waals surface area contributed by atoms with Crippen LogP contribution in [0.25, 0.3) is 0 Å². The molecular weight excluding hydrogens is 211 g/mol. The molecule has 1 fully saturated rings. The average molecular weight is 232 g/mol. The molecule has 2 atom stereocenters. The van der Waals surface area contributed by atoms with Crippen molar-refractivity contribution in [2.75, 3.05) is 19.6 Å². The molecule has 0 spiro atoms. The van der Waals surface area contributed by atoms with Crippen LogP contribution in [0, 0.1) is 5.92 Å². The van der Waals surface area contributed by atoms with Crippen molar-refractivity contribution in [2.45, 2.75) is 39.0 Å². The van der Waals surface area contributed by atoms with Gasteiger partial charge >= 0.3 is 6.09 Å². The van der Waals surface area contributed by atoms with Crippen LogP contribution in [0.15, 0.2) is 0 Å². The van der Waals surface area contributed by atoms with Crippen LogP contribution in [0.5, 0.6) is 0 Å². The zero-order valence-corrected chi connectivity index (χ0v) is 10.2. The molecule has 0 aromatic carbocycles. The minimum absolute atomic E-state index is 0.263. The van der Waals surface area contributed by atoms with E-state index in [0.29, 0.717) is 19.5 Å². The highest BCUT2D eigenvalue weighted by Crippen LogP contribution is 2.21. The molecule has 16 heavy (non-hydrogen) atoms. The molecule has 0 saturated carbocycles. The van der Waals surface area contributed by atoms with Gasteiger partial charge < -0.3 is 15.4 Å². The van der Waals surface area contributed by atoms with Crippen molar-refractivity contribution in [2.24, 2.45) is 11.7 Å². The van der Waals surface area contributed by atoms with Crippen LogP contribution in [0.2, 0.25) is 0 Å². The number of piperidine rings is 1. The quantitative estimate of drug-likeness (QED) is 0.746. The Morgan fingerprint density at radius 2 is 2.19 bits per heavy atom. The van der Waals surface area contributed by atoms with E-state index < -0.39 is 11.8 Å². The number of halogens is 1. The fraction of sp³-hybridized carbons (Fsp3) is 0.909. The Morgan fingerprint density at radius 1 is 1.56 bits per heavy atom. The maximum absolute atomic E-state index is 13.4. The summed E-state index contributed by atoms with van der Waals surface area (Å²) >= 11 is 0. The first-order valence-electron chi connectivity index (χ1n) is 5.65. The smallest absolute Gasteiger partial charge is 0.410 e. The van der Waals surface area contributed by atoms with Gasteiger partial charge in [0.1, 0.15) is 11.8 Å². The Kier molecular flexibility index (Phi) is 4.13. The average Bonchev–Trinajstić information content (AvgIpc) is 2.15. The van der Waals surface area contributed by atoms with E-state index in [9.17, 15) is 9.18 Å². The monoisotopic (exact) mass is 232 g/mol. The SMILES string of the molecule is CC(C)(C)OC(=O)N1CC[C@@H](F)[C@@H](CN)C1. The molecule has 5 heteroatoms. The number of rotatable bonds is 1. The van der Waals surface area contributed by atoms with Gasteiger partial charge in [-0.15, -0.1) is 0 Å². The first-order chi connectivity index (χ1) is 7.33. The second-order valence-corrected chi connectivity index (χ2v) is 5.23. The molecule has 0 aliphatic carbocycles. The molecule has 0 aromatic heterocycles. The molecule has 1 heterocycles. The molecule has 1 rings (SSSR count). The van der Waals surface area contributed by atoms with E-state index in [1.165, 1.54) is 0 Å². The van der Waals surface area contributed by atoms with Crippen LogP contribution in [0.4, 0.5) is 9.18 Å². The van der Waals surface area contributed by atoms with Gasteiger partial charge in [-0.05, 0) is 33.7 Å². The molecule has 0 unspecified atom stereocenters. The van der Waals surface area contributed by atoms with Gasteiger partial charge in [0, 0.05) is 19.0 Å². The van der Waals surface area contributed by atoms with E-state index in [1.54, 1.807) is 4.90 Å². The van der Waals surface area contributed by atoms with Crippen LogP contribution < -0.4 is 5.73 Å². The normalized spacial score (nSPS) is 26.7. The summed E-state index contributed by atoms with van der Waals surface area (Å²) in [6.45, 7) is 6.47. The Labute approximate surface area is 95.9 Å². The highest BCUT2D eigenvalue weighted by molar-refractivity contribution is 5.68. The van der Waals surface area contributed by atoms with Crippen molar-refractivity contribution in [1.29, 1.82) is 0 Å². The topological polar surface area (TPSA) is 55.6 Å². The van der Waals surface area contributed by atoms with Crippen molar-refractivity contribution in [3.05, 3.63) is 0 Å². The maximum Gasteiger partial charge on any atom is 0.410 e. The maximum atomic E-state index is 13.4. The third kappa shape index (κ3) is 3.63. The minimum atomic E-state index is -0.899. The largest absolute Gasteiger partial charge is 0.444 e. The number of nitrogens with two attached hydrogens (primary N) is 1. The van der Waals surface area contributed by atoms with Crippen molar-refractivity contribution in [1.82, 2.24) is 4.90 Å². The molecule has 0 aromatic rings. The highest BCUT2D eigenvalue weighted by atomic mass is 19.1. The van der Waals surface area contributed by atoms with E-state index in [-0.39, 0.29) is 18.6 Å². The van der Waals surface area contributed by atoms with Gasteiger partial charge in [-0.1, -0.05) is 0 Å². The van der Waals surface area contributed by atoms with Crippen molar-refractivity contribution >= 4 is 6.09 Å². The van der Waals surface area contributed by atoms with E-state index in [2.05, 4.69) is 0 Å². The molecule has 4 nitrogen and oxygen atoms in total. The Hall–Kier alpha value is -0.840. The first-order valence-corrected chi connectivity index (χ1v) is 5.65. The van der Waals surface area contributed by atoms with E-state index in [4.69, 9.17) is 10.5 Å². The Morgan fingerprint density at radius 3 is 2.69 bits per heavy atom. The summed E-state index contributed by atoms with van der Waals surface area (Å²) in [5, 5.41) is 0. The van der Waals surface area contributed by atoms with Gasteiger partial charge in [-0.25, -0.2) is 9.18 Å². The van der Waals surface area contributed by atoms with Crippen LogP contribution >= 0.6 is 0 Å². The number of carbonyl (C=O) groups excluding carboxylic acids is 1. The summed E-state index contributed by atoms with van der Waals surface area (Å²) in [5.41, 5.74) is 4.95. The zero-order valence-electron chi connectivity index (χ0n) is 10.2. The lowest BCUT2D eigenvalue weighted by atomic mass is 9.96. The lowest BCUT2D eigenvalue weighted by molar-refractivity contribution is 0.00770. The number of alkyl halides is 1. The van der Waals surface area contributed by atoms with Gasteiger partial charge in [0.2, 0.25) is 0 Å². The van der Waals surface area contributed by atoms with Crippen molar-refractivity contribution in [3.8, 4) is 0 Å². The molecule has 94 valence electrons. The molecule has 0 radical (unpaired) electrons. The fourth-order valence-electron chi connectivity index (χ4n) is 1.72. The second kappa shape index (κ2) is 4.99. The number of hydrogen-bond acceptors (Lipinski definition) is 3. The summed E-state index contributed by atoms with van der Waals surface area (Å²) in [5.74, 6) is -0.263. The number of amides is 1. The lowest BCUT2D eigenvalue weighted by Gasteiger charge is -2.35. The molecule has 1 amide bonds. The Bertz CT molecular complexity index is 253. The van der Waals surface area contributed by atoms with E-state index in [0.717, 1.165) is 0 Å². The van der Waals surface area contributed by atoms with Crippen molar-refractivity contribution < 1.29 is 13.9 Å². The predicted octanol–water partition coefficient (Wildman–Crippen LogP) is 1.54.